The van der Waals surface area contributed by atoms with Crippen molar-refractivity contribution in [3.8, 4) is 11.5 Å². The van der Waals surface area contributed by atoms with Crippen molar-refractivity contribution in [3.05, 3.63) is 58.1 Å². The molecule has 0 saturated carbocycles. The van der Waals surface area contributed by atoms with Crippen LogP contribution in [0.15, 0.2) is 46.9 Å². The predicted octanol–water partition coefficient (Wildman–Crippen LogP) is 3.84. The van der Waals surface area contributed by atoms with Crippen LogP contribution in [0.5, 0.6) is 11.5 Å². The third-order valence-electron chi connectivity index (χ3n) is 2.97. The van der Waals surface area contributed by atoms with Crippen molar-refractivity contribution in [3.63, 3.8) is 0 Å². The summed E-state index contributed by atoms with van der Waals surface area (Å²) in [7, 11) is 0. The Morgan fingerprint density at radius 3 is 2.77 bits per heavy atom. The van der Waals surface area contributed by atoms with Gasteiger partial charge in [-0.1, -0.05) is 28.1 Å². The predicted molar refractivity (Wildman–Crippen MR) is 86.9 cm³/mol. The van der Waals surface area contributed by atoms with Crippen molar-refractivity contribution >= 4 is 21.9 Å². The van der Waals surface area contributed by atoms with E-state index in [0.717, 1.165) is 10.0 Å². The molecule has 0 bridgehead atoms. The molecule has 0 saturated heterocycles. The van der Waals surface area contributed by atoms with Gasteiger partial charge in [0.2, 0.25) is 0 Å². The maximum Gasteiger partial charge on any atom is 0.310 e. The van der Waals surface area contributed by atoms with Crippen LogP contribution in [-0.4, -0.2) is 17.7 Å². The first-order valence-electron chi connectivity index (χ1n) is 6.94. The van der Waals surface area contributed by atoms with Crippen molar-refractivity contribution in [1.82, 2.24) is 0 Å². The van der Waals surface area contributed by atoms with Crippen molar-refractivity contribution in [2.24, 2.45) is 0 Å². The van der Waals surface area contributed by atoms with Gasteiger partial charge in [0.15, 0.2) is 0 Å². The molecule has 0 aromatic heterocycles. The Hall–Kier alpha value is -1.85. The summed E-state index contributed by atoms with van der Waals surface area (Å²) in [5, 5.41) is 9.39. The number of carbonyl (C=O) groups is 1. The number of aliphatic hydroxyl groups is 1. The molecular weight excluding hydrogens is 348 g/mol. The Kier molecular flexibility index (Phi) is 5.98. The highest BCUT2D eigenvalue weighted by atomic mass is 79.9. The van der Waals surface area contributed by atoms with E-state index >= 15 is 0 Å². The summed E-state index contributed by atoms with van der Waals surface area (Å²) in [6, 6.07) is 12.7. The highest BCUT2D eigenvalue weighted by Crippen LogP contribution is 2.28. The first-order valence-corrected chi connectivity index (χ1v) is 7.73. The Morgan fingerprint density at radius 2 is 2.05 bits per heavy atom. The molecule has 22 heavy (non-hydrogen) atoms. The number of hydrogen-bond donors (Lipinski definition) is 1. The van der Waals surface area contributed by atoms with Crippen LogP contribution in [0.2, 0.25) is 0 Å². The summed E-state index contributed by atoms with van der Waals surface area (Å²) in [5.41, 5.74) is 1.50. The van der Waals surface area contributed by atoms with Gasteiger partial charge in [0.25, 0.3) is 0 Å². The number of esters is 1. The molecule has 0 fully saturated rings. The van der Waals surface area contributed by atoms with Gasteiger partial charge in [-0.2, -0.15) is 0 Å². The van der Waals surface area contributed by atoms with Gasteiger partial charge in [0.1, 0.15) is 11.5 Å². The topological polar surface area (TPSA) is 55.8 Å². The molecule has 0 aliphatic rings. The number of hydrogen-bond acceptors (Lipinski definition) is 4. The van der Waals surface area contributed by atoms with Gasteiger partial charge in [-0.3, -0.25) is 4.79 Å². The van der Waals surface area contributed by atoms with Crippen LogP contribution in [-0.2, 0) is 22.6 Å². The Labute approximate surface area is 137 Å². The van der Waals surface area contributed by atoms with Gasteiger partial charge >= 0.3 is 5.97 Å². The lowest BCUT2D eigenvalue weighted by atomic mass is 10.1. The number of benzene rings is 2. The maximum absolute atomic E-state index is 11.5. The number of ether oxygens (including phenoxy) is 2. The lowest BCUT2D eigenvalue weighted by molar-refractivity contribution is -0.142. The molecule has 0 radical (unpaired) electrons. The van der Waals surface area contributed by atoms with Crippen molar-refractivity contribution in [2.45, 2.75) is 20.0 Å². The standard InChI is InChI=1S/C17H17BrO4/c1-2-21-17(20)9-12-4-3-5-15(8-12)22-16-7-6-14(18)10-13(16)11-19/h3-8,10,19H,2,9,11H2,1H3. The minimum Gasteiger partial charge on any atom is -0.466 e. The van der Waals surface area contributed by atoms with E-state index in [1.54, 1.807) is 31.2 Å². The molecule has 2 aromatic carbocycles. The lowest BCUT2D eigenvalue weighted by Crippen LogP contribution is -2.07. The van der Waals surface area contributed by atoms with E-state index < -0.39 is 0 Å². The Morgan fingerprint density at radius 1 is 1.23 bits per heavy atom. The van der Waals surface area contributed by atoms with Crippen LogP contribution in [0, 0.1) is 0 Å². The molecule has 0 aliphatic heterocycles. The van der Waals surface area contributed by atoms with E-state index in [4.69, 9.17) is 9.47 Å². The number of rotatable bonds is 6. The van der Waals surface area contributed by atoms with Gasteiger partial charge in [-0.05, 0) is 42.8 Å². The summed E-state index contributed by atoms with van der Waals surface area (Å²) in [4.78, 5) is 11.5. The van der Waals surface area contributed by atoms with Gasteiger partial charge in [-0.25, -0.2) is 0 Å². The van der Waals surface area contributed by atoms with E-state index in [0.29, 0.717) is 23.7 Å². The smallest absolute Gasteiger partial charge is 0.310 e. The first kappa shape index (κ1) is 16.5. The van der Waals surface area contributed by atoms with Crippen molar-refractivity contribution in [2.75, 3.05) is 6.61 Å². The SMILES string of the molecule is CCOC(=O)Cc1cccc(Oc2ccc(Br)cc2CO)c1. The first-order chi connectivity index (χ1) is 10.6. The van der Waals surface area contributed by atoms with Crippen molar-refractivity contribution < 1.29 is 19.4 Å². The quantitative estimate of drug-likeness (QED) is 0.791. The lowest BCUT2D eigenvalue weighted by Gasteiger charge is -2.11. The molecule has 2 rings (SSSR count). The van der Waals surface area contributed by atoms with Crippen LogP contribution in [0.3, 0.4) is 0 Å². The summed E-state index contributed by atoms with van der Waals surface area (Å²) in [5.74, 6) is 0.928. The van der Waals surface area contributed by atoms with Crippen LogP contribution in [0.25, 0.3) is 0 Å². The van der Waals surface area contributed by atoms with E-state index in [2.05, 4.69) is 15.9 Å². The largest absolute Gasteiger partial charge is 0.466 e. The highest BCUT2D eigenvalue weighted by Gasteiger charge is 2.08. The molecule has 0 aliphatic carbocycles. The molecule has 4 nitrogen and oxygen atoms in total. The zero-order valence-electron chi connectivity index (χ0n) is 12.2. The van der Waals surface area contributed by atoms with Crippen LogP contribution in [0.1, 0.15) is 18.1 Å². The van der Waals surface area contributed by atoms with Gasteiger partial charge in [0.05, 0.1) is 19.6 Å². The average molecular weight is 365 g/mol. The monoisotopic (exact) mass is 364 g/mol. The molecule has 0 spiro atoms. The van der Waals surface area contributed by atoms with Crippen LogP contribution < -0.4 is 4.74 Å². The average Bonchev–Trinajstić information content (AvgIpc) is 2.49. The maximum atomic E-state index is 11.5. The summed E-state index contributed by atoms with van der Waals surface area (Å²) in [6.45, 7) is 2.03. The summed E-state index contributed by atoms with van der Waals surface area (Å²) >= 11 is 3.36. The van der Waals surface area contributed by atoms with E-state index in [9.17, 15) is 9.90 Å². The molecule has 116 valence electrons. The molecule has 0 unspecified atom stereocenters. The fourth-order valence-corrected chi connectivity index (χ4v) is 2.40. The number of carbonyl (C=O) groups excluding carboxylic acids is 1. The molecule has 0 atom stereocenters. The summed E-state index contributed by atoms with van der Waals surface area (Å²) in [6.07, 6.45) is 0.207. The van der Waals surface area contributed by atoms with Gasteiger partial charge in [0, 0.05) is 10.0 Å². The molecule has 0 amide bonds. The highest BCUT2D eigenvalue weighted by molar-refractivity contribution is 9.10. The van der Waals surface area contributed by atoms with E-state index in [-0.39, 0.29) is 19.0 Å². The van der Waals surface area contributed by atoms with Crippen molar-refractivity contribution in [1.29, 1.82) is 0 Å². The number of halogens is 1. The number of aliphatic hydroxyl groups excluding tert-OH is 1. The third-order valence-corrected chi connectivity index (χ3v) is 3.47. The second-order valence-corrected chi connectivity index (χ2v) is 5.56. The zero-order valence-corrected chi connectivity index (χ0v) is 13.8. The molecule has 1 N–H and O–H groups in total. The Bertz CT molecular complexity index is 655. The van der Waals surface area contributed by atoms with Crippen LogP contribution in [0.4, 0.5) is 0 Å². The second-order valence-electron chi connectivity index (χ2n) is 4.64. The molecular formula is C17H17BrO4. The molecule has 2 aromatic rings. The fraction of sp³-hybridized carbons (Fsp3) is 0.235. The zero-order chi connectivity index (χ0) is 15.9. The minimum absolute atomic E-state index is 0.114. The molecule has 5 heteroatoms. The summed E-state index contributed by atoms with van der Waals surface area (Å²) < 4.78 is 11.6. The van der Waals surface area contributed by atoms with Crippen LogP contribution >= 0.6 is 15.9 Å². The van der Waals surface area contributed by atoms with E-state index in [1.807, 2.05) is 18.2 Å². The van der Waals surface area contributed by atoms with Gasteiger partial charge < -0.3 is 14.6 Å². The Balaban J connectivity index is 2.15. The third kappa shape index (κ3) is 4.58. The minimum atomic E-state index is -0.265. The molecule has 0 heterocycles. The van der Waals surface area contributed by atoms with E-state index in [1.165, 1.54) is 0 Å². The van der Waals surface area contributed by atoms with Gasteiger partial charge in [-0.15, -0.1) is 0 Å². The fourth-order valence-electron chi connectivity index (χ4n) is 2.00. The normalized spacial score (nSPS) is 10.3. The second kappa shape index (κ2) is 7.96.